The molecule has 2 aromatic carbocycles. The summed E-state index contributed by atoms with van der Waals surface area (Å²) in [7, 11) is 0. The first kappa shape index (κ1) is 26.1. The molecule has 7 heteroatoms. The minimum absolute atomic E-state index is 0. The summed E-state index contributed by atoms with van der Waals surface area (Å²) in [5.74, 6) is -0.643. The molecule has 2 aromatic rings. The number of carbonyl (C=O) groups is 1. The first-order valence-electron chi connectivity index (χ1n) is 9.71. The Labute approximate surface area is 191 Å². The molecule has 1 saturated heterocycles. The Hall–Kier alpha value is -1.89. The van der Waals surface area contributed by atoms with E-state index in [0.717, 1.165) is 32.7 Å². The summed E-state index contributed by atoms with van der Waals surface area (Å²) >= 11 is 0. The van der Waals surface area contributed by atoms with Crippen molar-refractivity contribution in [2.45, 2.75) is 5.60 Å². The fourth-order valence-corrected chi connectivity index (χ4v) is 3.51. The van der Waals surface area contributed by atoms with Gasteiger partial charge in [0.15, 0.2) is 0 Å². The van der Waals surface area contributed by atoms with Crippen LogP contribution in [0.5, 0.6) is 0 Å². The topological polar surface area (TPSA) is 53.0 Å². The van der Waals surface area contributed by atoms with Gasteiger partial charge in [-0.15, -0.1) is 31.4 Å². The van der Waals surface area contributed by atoms with Crippen molar-refractivity contribution in [3.8, 4) is 0 Å². The van der Waals surface area contributed by atoms with Crippen molar-refractivity contribution in [1.82, 2.24) is 9.80 Å². The molecule has 5 nitrogen and oxygen atoms in total. The van der Waals surface area contributed by atoms with Crippen molar-refractivity contribution in [3.63, 3.8) is 0 Å². The molecule has 0 radical (unpaired) electrons. The van der Waals surface area contributed by atoms with Gasteiger partial charge < -0.3 is 9.84 Å². The van der Waals surface area contributed by atoms with Gasteiger partial charge in [0.1, 0.15) is 6.61 Å². The first-order valence-corrected chi connectivity index (χ1v) is 9.71. The molecule has 1 aliphatic rings. The number of nitrogens with zero attached hydrogens (tertiary/aromatic N) is 2. The number of ether oxygens (including phenoxy) is 1. The van der Waals surface area contributed by atoms with Gasteiger partial charge in [0.05, 0.1) is 0 Å². The van der Waals surface area contributed by atoms with Gasteiger partial charge in [-0.25, -0.2) is 4.79 Å². The van der Waals surface area contributed by atoms with Gasteiger partial charge >= 0.3 is 5.97 Å². The van der Waals surface area contributed by atoms with Gasteiger partial charge in [-0.05, 0) is 11.1 Å². The van der Waals surface area contributed by atoms with Crippen LogP contribution in [0.15, 0.2) is 73.3 Å². The molecule has 0 atom stereocenters. The number of hydrogen-bond acceptors (Lipinski definition) is 5. The van der Waals surface area contributed by atoms with Crippen molar-refractivity contribution in [2.75, 3.05) is 45.9 Å². The van der Waals surface area contributed by atoms with Gasteiger partial charge in [0.2, 0.25) is 5.60 Å². The molecule has 30 heavy (non-hydrogen) atoms. The van der Waals surface area contributed by atoms with Gasteiger partial charge in [0, 0.05) is 39.3 Å². The summed E-state index contributed by atoms with van der Waals surface area (Å²) in [6, 6.07) is 17.9. The van der Waals surface area contributed by atoms with Crippen LogP contribution in [0.4, 0.5) is 0 Å². The molecule has 0 amide bonds. The maximum Gasteiger partial charge on any atom is 0.347 e. The maximum absolute atomic E-state index is 12.9. The quantitative estimate of drug-likeness (QED) is 0.492. The Morgan fingerprint density at radius 3 is 1.87 bits per heavy atom. The van der Waals surface area contributed by atoms with E-state index >= 15 is 0 Å². The molecule has 164 valence electrons. The van der Waals surface area contributed by atoms with E-state index in [0.29, 0.717) is 17.7 Å². The Kier molecular flexibility index (Phi) is 11.1. The number of esters is 1. The minimum Gasteiger partial charge on any atom is -0.462 e. The van der Waals surface area contributed by atoms with Gasteiger partial charge in [-0.2, -0.15) is 0 Å². The lowest BCUT2D eigenvalue weighted by atomic mass is 9.86. The monoisotopic (exact) mass is 452 g/mol. The van der Waals surface area contributed by atoms with Gasteiger partial charge in [-0.1, -0.05) is 66.7 Å². The van der Waals surface area contributed by atoms with Crippen LogP contribution in [0.1, 0.15) is 11.1 Å². The highest BCUT2D eigenvalue weighted by Crippen LogP contribution is 2.31. The molecule has 0 spiro atoms. The van der Waals surface area contributed by atoms with E-state index in [9.17, 15) is 9.90 Å². The number of aliphatic hydroxyl groups is 1. The van der Waals surface area contributed by atoms with E-state index in [4.69, 9.17) is 4.74 Å². The molecule has 0 saturated carbocycles. The highest BCUT2D eigenvalue weighted by Gasteiger charge is 2.41. The van der Waals surface area contributed by atoms with Crippen LogP contribution in [0.2, 0.25) is 0 Å². The number of halogens is 2. The van der Waals surface area contributed by atoms with Gasteiger partial charge in [-0.3, -0.25) is 9.80 Å². The Morgan fingerprint density at radius 2 is 1.40 bits per heavy atom. The number of benzene rings is 2. The third-order valence-electron chi connectivity index (χ3n) is 5.17. The number of hydrogen-bond donors (Lipinski definition) is 1. The van der Waals surface area contributed by atoms with Crippen LogP contribution in [0.3, 0.4) is 0 Å². The lowest BCUT2D eigenvalue weighted by Crippen LogP contribution is -2.47. The Morgan fingerprint density at radius 1 is 0.933 bits per heavy atom. The highest BCUT2D eigenvalue weighted by atomic mass is 35.5. The van der Waals surface area contributed by atoms with E-state index in [1.54, 1.807) is 48.5 Å². The Balaban J connectivity index is 0.00000225. The lowest BCUT2D eigenvalue weighted by Gasteiger charge is -2.34. The van der Waals surface area contributed by atoms with Crippen molar-refractivity contribution in [1.29, 1.82) is 0 Å². The minimum atomic E-state index is -1.81. The average molecular weight is 453 g/mol. The van der Waals surface area contributed by atoms with Crippen LogP contribution in [0, 0.1) is 0 Å². The summed E-state index contributed by atoms with van der Waals surface area (Å²) in [5, 5.41) is 11.3. The molecule has 0 bridgehead atoms. The van der Waals surface area contributed by atoms with E-state index in [-0.39, 0.29) is 31.4 Å². The third kappa shape index (κ3) is 6.30. The SMILES string of the molecule is C=CCN1CCN(CCOC(=O)C(O)(c2ccccc2)c2ccccc2)CC1.Cl.Cl. The average Bonchev–Trinajstić information content (AvgIpc) is 2.75. The highest BCUT2D eigenvalue weighted by molar-refractivity contribution is 5.86. The second-order valence-electron chi connectivity index (χ2n) is 7.01. The van der Waals surface area contributed by atoms with Crippen molar-refractivity contribution in [2.24, 2.45) is 0 Å². The molecule has 3 rings (SSSR count). The summed E-state index contributed by atoms with van der Waals surface area (Å²) in [6.07, 6.45) is 1.92. The second-order valence-corrected chi connectivity index (χ2v) is 7.01. The zero-order valence-corrected chi connectivity index (χ0v) is 18.6. The zero-order valence-electron chi connectivity index (χ0n) is 17.0. The predicted molar refractivity (Wildman–Crippen MR) is 124 cm³/mol. The van der Waals surface area contributed by atoms with Crippen LogP contribution in [-0.2, 0) is 15.1 Å². The van der Waals surface area contributed by atoms with Crippen molar-refractivity contribution >= 4 is 30.8 Å². The zero-order chi connectivity index (χ0) is 19.8. The molecule has 1 N–H and O–H groups in total. The molecule has 1 fully saturated rings. The largest absolute Gasteiger partial charge is 0.462 e. The summed E-state index contributed by atoms with van der Waals surface area (Å²) < 4.78 is 5.53. The van der Waals surface area contributed by atoms with Crippen molar-refractivity contribution in [3.05, 3.63) is 84.4 Å². The van der Waals surface area contributed by atoms with Crippen LogP contribution >= 0.6 is 24.8 Å². The summed E-state index contributed by atoms with van der Waals surface area (Å²) in [6.45, 7) is 9.44. The smallest absolute Gasteiger partial charge is 0.347 e. The molecular weight excluding hydrogens is 423 g/mol. The van der Waals surface area contributed by atoms with Crippen LogP contribution in [-0.4, -0.2) is 66.8 Å². The Bertz CT molecular complexity index is 727. The summed E-state index contributed by atoms with van der Waals surface area (Å²) in [4.78, 5) is 17.6. The van der Waals surface area contributed by atoms with E-state index in [1.165, 1.54) is 0 Å². The maximum atomic E-state index is 12.9. The van der Waals surface area contributed by atoms with E-state index < -0.39 is 11.6 Å². The molecule has 0 aliphatic carbocycles. The van der Waals surface area contributed by atoms with Crippen molar-refractivity contribution < 1.29 is 14.6 Å². The lowest BCUT2D eigenvalue weighted by molar-refractivity contribution is -0.162. The first-order chi connectivity index (χ1) is 13.6. The second kappa shape index (κ2) is 12.7. The molecule has 1 aliphatic heterocycles. The standard InChI is InChI=1S/C23H28N2O3.2ClH/c1-2-13-24-14-16-25(17-15-24)18-19-28-22(26)23(27,20-9-5-3-6-10-20)21-11-7-4-8-12-21;;/h2-12,27H,1,13-19H2;2*1H. The molecule has 0 unspecified atom stereocenters. The van der Waals surface area contributed by atoms with E-state index in [1.807, 2.05) is 18.2 Å². The van der Waals surface area contributed by atoms with E-state index in [2.05, 4.69) is 16.4 Å². The van der Waals surface area contributed by atoms with Gasteiger partial charge in [0.25, 0.3) is 0 Å². The number of rotatable bonds is 8. The molecule has 1 heterocycles. The molecular formula is C23H30Cl2N2O3. The fraction of sp³-hybridized carbons (Fsp3) is 0.348. The number of piperazine rings is 1. The predicted octanol–water partition coefficient (Wildman–Crippen LogP) is 3.11. The van der Waals surface area contributed by atoms with Crippen LogP contribution in [0.25, 0.3) is 0 Å². The fourth-order valence-electron chi connectivity index (χ4n) is 3.51. The molecule has 0 aromatic heterocycles. The number of carbonyl (C=O) groups excluding carboxylic acids is 1. The van der Waals surface area contributed by atoms with Crippen LogP contribution < -0.4 is 0 Å². The normalized spacial score (nSPS) is 14.8. The summed E-state index contributed by atoms with van der Waals surface area (Å²) in [5.41, 5.74) is -0.806. The third-order valence-corrected chi connectivity index (χ3v) is 5.17.